The summed E-state index contributed by atoms with van der Waals surface area (Å²) in [6.07, 6.45) is 6.72. The van der Waals surface area contributed by atoms with Crippen molar-refractivity contribution in [3.63, 3.8) is 0 Å². The number of hydrogen-bond acceptors (Lipinski definition) is 4. The number of rotatable bonds is 3. The van der Waals surface area contributed by atoms with Gasteiger partial charge in [-0.05, 0) is 54.9 Å². The fraction of sp³-hybridized carbons (Fsp3) is 0.714. The first-order chi connectivity index (χ1) is 12.4. The van der Waals surface area contributed by atoms with Crippen LogP contribution >= 0.6 is 0 Å². The lowest BCUT2D eigenvalue weighted by Crippen LogP contribution is -2.57. The van der Waals surface area contributed by atoms with E-state index in [0.29, 0.717) is 54.7 Å². The molecule has 26 heavy (non-hydrogen) atoms. The molecule has 3 saturated carbocycles. The number of carbonyl (C=O) groups is 2. The molecule has 0 spiro atoms. The first-order valence-corrected chi connectivity index (χ1v) is 9.90. The van der Waals surface area contributed by atoms with E-state index in [9.17, 15) is 9.59 Å². The molecule has 1 aliphatic heterocycles. The third-order valence-corrected chi connectivity index (χ3v) is 7.44. The highest BCUT2D eigenvalue weighted by Crippen LogP contribution is 2.61. The van der Waals surface area contributed by atoms with Crippen molar-refractivity contribution in [3.8, 4) is 0 Å². The summed E-state index contributed by atoms with van der Waals surface area (Å²) in [5.74, 6) is 1.65. The molecule has 4 aliphatic rings. The predicted molar refractivity (Wildman–Crippen MR) is 96.4 cm³/mol. The highest BCUT2D eigenvalue weighted by atomic mass is 16.5. The van der Waals surface area contributed by atoms with Gasteiger partial charge in [-0.3, -0.25) is 9.59 Å². The molecule has 2 heterocycles. The van der Waals surface area contributed by atoms with Crippen LogP contribution in [-0.4, -0.2) is 36.0 Å². The molecule has 0 aromatic carbocycles. The van der Waals surface area contributed by atoms with Gasteiger partial charge >= 0.3 is 5.97 Å². The van der Waals surface area contributed by atoms with E-state index in [1.165, 1.54) is 18.9 Å². The van der Waals surface area contributed by atoms with Crippen LogP contribution in [0.15, 0.2) is 23.0 Å². The lowest BCUT2D eigenvalue weighted by atomic mass is 9.45. The molecule has 1 aromatic rings. The largest absolute Gasteiger partial charge is 0.472 e. The van der Waals surface area contributed by atoms with Crippen molar-refractivity contribution in [2.45, 2.75) is 52.6 Å². The number of fused-ring (bicyclic) bond motifs is 2. The second-order valence-corrected chi connectivity index (χ2v) is 9.01. The van der Waals surface area contributed by atoms with E-state index in [1.54, 1.807) is 11.0 Å². The van der Waals surface area contributed by atoms with E-state index in [4.69, 9.17) is 9.15 Å². The number of piperidine rings is 1. The van der Waals surface area contributed by atoms with Crippen molar-refractivity contribution < 1.29 is 18.7 Å². The summed E-state index contributed by atoms with van der Waals surface area (Å²) < 4.78 is 10.9. The highest BCUT2D eigenvalue weighted by Gasteiger charge is 2.57. The zero-order valence-corrected chi connectivity index (χ0v) is 15.9. The van der Waals surface area contributed by atoms with Crippen molar-refractivity contribution in [1.82, 2.24) is 4.90 Å². The van der Waals surface area contributed by atoms with Gasteiger partial charge in [0.15, 0.2) is 0 Å². The molecule has 142 valence electrons. The number of esters is 1. The van der Waals surface area contributed by atoms with E-state index in [-0.39, 0.29) is 23.9 Å². The van der Waals surface area contributed by atoms with Gasteiger partial charge in [0, 0.05) is 13.1 Å². The molecule has 4 fully saturated rings. The average Bonchev–Trinajstić information content (AvgIpc) is 3.17. The van der Waals surface area contributed by atoms with Crippen LogP contribution in [0.3, 0.4) is 0 Å². The first kappa shape index (κ1) is 17.6. The summed E-state index contributed by atoms with van der Waals surface area (Å²) in [4.78, 5) is 26.8. The molecule has 5 rings (SSSR count). The molecule has 3 aliphatic carbocycles. The van der Waals surface area contributed by atoms with Crippen molar-refractivity contribution in [1.29, 1.82) is 0 Å². The van der Waals surface area contributed by atoms with Crippen molar-refractivity contribution in [2.75, 3.05) is 13.1 Å². The molecule has 1 saturated heterocycles. The molecule has 4 unspecified atom stereocenters. The van der Waals surface area contributed by atoms with Crippen LogP contribution in [0.4, 0.5) is 0 Å². The summed E-state index contributed by atoms with van der Waals surface area (Å²) in [5, 5.41) is 0. The minimum Gasteiger partial charge on any atom is -0.472 e. The van der Waals surface area contributed by atoms with Gasteiger partial charge in [0.1, 0.15) is 12.4 Å². The fourth-order valence-corrected chi connectivity index (χ4v) is 5.39. The second kappa shape index (κ2) is 6.43. The maximum absolute atomic E-state index is 12.7. The van der Waals surface area contributed by atoms with Gasteiger partial charge in [-0.25, -0.2) is 0 Å². The zero-order valence-electron chi connectivity index (χ0n) is 15.9. The first-order valence-electron chi connectivity index (χ1n) is 9.90. The fourth-order valence-electron chi connectivity index (χ4n) is 5.39. The Morgan fingerprint density at radius 2 is 1.96 bits per heavy atom. The highest BCUT2D eigenvalue weighted by molar-refractivity contribution is 5.94. The number of likely N-dealkylation sites (tertiary alicyclic amines) is 1. The quantitative estimate of drug-likeness (QED) is 0.771. The standard InChI is InChI=1S/C21H29NO4/c1-13-17-10-16(21(17,2)3)11-18(13)26-20(24)14-4-7-22(8-5-14)19(23)15-6-9-25-12-15/h6,9,12-14,16-18H,4-5,7-8,10-11H2,1-3H3. The summed E-state index contributed by atoms with van der Waals surface area (Å²) >= 11 is 0. The Balaban J connectivity index is 1.29. The summed E-state index contributed by atoms with van der Waals surface area (Å²) in [7, 11) is 0. The summed E-state index contributed by atoms with van der Waals surface area (Å²) in [5.41, 5.74) is 0.977. The molecular weight excluding hydrogens is 330 g/mol. The molecular formula is C21H29NO4. The van der Waals surface area contributed by atoms with Crippen LogP contribution in [0.5, 0.6) is 0 Å². The molecule has 4 atom stereocenters. The smallest absolute Gasteiger partial charge is 0.309 e. The minimum absolute atomic E-state index is 0.0196. The molecule has 5 heteroatoms. The van der Waals surface area contributed by atoms with Crippen LogP contribution in [-0.2, 0) is 9.53 Å². The lowest BCUT2D eigenvalue weighted by molar-refractivity contribution is -0.190. The monoisotopic (exact) mass is 359 g/mol. The van der Waals surface area contributed by atoms with Crippen molar-refractivity contribution in [2.24, 2.45) is 29.1 Å². The predicted octanol–water partition coefficient (Wildman–Crippen LogP) is 3.75. The molecule has 0 radical (unpaired) electrons. The topological polar surface area (TPSA) is 59.8 Å². The van der Waals surface area contributed by atoms with Crippen molar-refractivity contribution in [3.05, 3.63) is 24.2 Å². The normalized spacial score (nSPS) is 33.4. The van der Waals surface area contributed by atoms with E-state index in [0.717, 1.165) is 6.42 Å². The maximum atomic E-state index is 12.7. The Morgan fingerprint density at radius 3 is 2.54 bits per heavy atom. The van der Waals surface area contributed by atoms with Crippen LogP contribution in [0.2, 0.25) is 0 Å². The van der Waals surface area contributed by atoms with E-state index in [2.05, 4.69) is 20.8 Å². The number of amides is 1. The van der Waals surface area contributed by atoms with E-state index < -0.39 is 0 Å². The maximum Gasteiger partial charge on any atom is 0.309 e. The Bertz CT molecular complexity index is 672. The third kappa shape index (κ3) is 2.85. The Morgan fingerprint density at radius 1 is 1.23 bits per heavy atom. The summed E-state index contributed by atoms with van der Waals surface area (Å²) in [6.45, 7) is 8.15. The molecule has 0 N–H and O–H groups in total. The second-order valence-electron chi connectivity index (χ2n) is 9.01. The van der Waals surface area contributed by atoms with Crippen LogP contribution in [0.25, 0.3) is 0 Å². The Labute approximate surface area is 155 Å². The van der Waals surface area contributed by atoms with Gasteiger partial charge in [-0.15, -0.1) is 0 Å². The van der Waals surface area contributed by atoms with Gasteiger partial charge in [0.25, 0.3) is 5.91 Å². The Hall–Kier alpha value is -1.78. The van der Waals surface area contributed by atoms with Gasteiger partial charge in [-0.1, -0.05) is 20.8 Å². The van der Waals surface area contributed by atoms with E-state index >= 15 is 0 Å². The average molecular weight is 359 g/mol. The van der Waals surface area contributed by atoms with Gasteiger partial charge in [0.2, 0.25) is 0 Å². The Kier molecular flexibility index (Phi) is 4.36. The SMILES string of the molecule is CC1C(OC(=O)C2CCN(C(=O)c3ccoc3)CC2)CC2CC1C2(C)C. The number of ether oxygens (including phenoxy) is 1. The molecule has 5 nitrogen and oxygen atoms in total. The number of hydrogen-bond donors (Lipinski definition) is 0. The van der Waals surface area contributed by atoms with Crippen LogP contribution in [0, 0.1) is 29.1 Å². The van der Waals surface area contributed by atoms with Crippen LogP contribution in [0.1, 0.15) is 56.8 Å². The number of furan rings is 1. The van der Waals surface area contributed by atoms with Crippen LogP contribution < -0.4 is 0 Å². The lowest BCUT2D eigenvalue weighted by Gasteiger charge is -2.61. The van der Waals surface area contributed by atoms with Crippen molar-refractivity contribution >= 4 is 11.9 Å². The molecule has 1 aromatic heterocycles. The molecule has 2 bridgehead atoms. The van der Waals surface area contributed by atoms with Gasteiger partial charge in [-0.2, -0.15) is 0 Å². The number of carbonyl (C=O) groups excluding carboxylic acids is 2. The zero-order chi connectivity index (χ0) is 18.5. The third-order valence-electron chi connectivity index (χ3n) is 7.44. The summed E-state index contributed by atoms with van der Waals surface area (Å²) in [6, 6.07) is 1.68. The van der Waals surface area contributed by atoms with E-state index in [1.807, 2.05) is 0 Å². The molecule has 1 amide bonds. The van der Waals surface area contributed by atoms with Gasteiger partial charge < -0.3 is 14.1 Å². The number of nitrogens with zero attached hydrogens (tertiary/aromatic N) is 1. The van der Waals surface area contributed by atoms with Gasteiger partial charge in [0.05, 0.1) is 17.7 Å². The minimum atomic E-state index is -0.0816.